The minimum Gasteiger partial charge on any atom is -0.390 e. The van der Waals surface area contributed by atoms with Gasteiger partial charge in [0, 0.05) is 6.61 Å². The maximum atomic E-state index is 10.4. The molecule has 94 valence electrons. The Balaban J connectivity index is 1.83. The lowest BCUT2D eigenvalue weighted by Crippen LogP contribution is -2.38. The smallest absolute Gasteiger partial charge is 0.0862 e. The van der Waals surface area contributed by atoms with Crippen molar-refractivity contribution >= 4 is 0 Å². The number of rotatable bonds is 3. The molecule has 0 bridgehead atoms. The van der Waals surface area contributed by atoms with E-state index in [0.29, 0.717) is 11.8 Å². The van der Waals surface area contributed by atoms with Crippen LogP contribution >= 0.6 is 0 Å². The Morgan fingerprint density at radius 3 is 2.38 bits per heavy atom. The van der Waals surface area contributed by atoms with Gasteiger partial charge in [-0.1, -0.05) is 33.1 Å². The van der Waals surface area contributed by atoms with Crippen LogP contribution in [0.5, 0.6) is 0 Å². The summed E-state index contributed by atoms with van der Waals surface area (Å²) in [6.45, 7) is 5.33. The van der Waals surface area contributed by atoms with Crippen molar-refractivity contribution in [3.05, 3.63) is 0 Å². The molecule has 1 N–H and O–H groups in total. The van der Waals surface area contributed by atoms with E-state index in [2.05, 4.69) is 13.8 Å². The first-order chi connectivity index (χ1) is 7.72. The Kier molecular flexibility index (Phi) is 4.26. The van der Waals surface area contributed by atoms with Crippen molar-refractivity contribution in [2.24, 2.45) is 17.8 Å². The third kappa shape index (κ3) is 2.60. The Bertz CT molecular complexity index is 209. The molecule has 0 radical (unpaired) electrons. The second-order valence-electron chi connectivity index (χ2n) is 5.78. The molecule has 2 aliphatic rings. The molecule has 1 aliphatic heterocycles. The maximum absolute atomic E-state index is 10.4. The van der Waals surface area contributed by atoms with Crippen LogP contribution in [0.1, 0.15) is 52.4 Å². The van der Waals surface area contributed by atoms with Crippen LogP contribution in [0.4, 0.5) is 0 Å². The summed E-state index contributed by atoms with van der Waals surface area (Å²) in [5.41, 5.74) is 0. The van der Waals surface area contributed by atoms with Gasteiger partial charge in [-0.15, -0.1) is 0 Å². The highest BCUT2D eigenvalue weighted by Gasteiger charge is 2.36. The number of aliphatic hydroxyl groups excluding tert-OH is 1. The highest BCUT2D eigenvalue weighted by molar-refractivity contribution is 4.86. The standard InChI is InChI=1S/C14H26O2/c1-3-11-4-6-12(7-5-11)13(15)14-10(2)8-9-16-14/h10-15H,3-9H2,1-2H3. The molecule has 0 aromatic carbocycles. The molecule has 1 aliphatic carbocycles. The number of hydrogen-bond donors (Lipinski definition) is 1. The summed E-state index contributed by atoms with van der Waals surface area (Å²) in [4.78, 5) is 0. The lowest BCUT2D eigenvalue weighted by molar-refractivity contribution is -0.0559. The van der Waals surface area contributed by atoms with Gasteiger partial charge in [-0.25, -0.2) is 0 Å². The van der Waals surface area contributed by atoms with E-state index in [0.717, 1.165) is 18.9 Å². The predicted molar refractivity (Wildman–Crippen MR) is 65.3 cm³/mol. The molecule has 3 unspecified atom stereocenters. The van der Waals surface area contributed by atoms with E-state index >= 15 is 0 Å². The molecule has 1 saturated heterocycles. The van der Waals surface area contributed by atoms with Crippen LogP contribution in [0, 0.1) is 17.8 Å². The average molecular weight is 226 g/mol. The maximum Gasteiger partial charge on any atom is 0.0862 e. The third-order valence-electron chi connectivity index (χ3n) is 4.73. The zero-order valence-electron chi connectivity index (χ0n) is 10.7. The second kappa shape index (κ2) is 5.50. The Labute approximate surface area is 99.4 Å². The predicted octanol–water partition coefficient (Wildman–Crippen LogP) is 2.99. The molecular weight excluding hydrogens is 200 g/mol. The summed E-state index contributed by atoms with van der Waals surface area (Å²) in [5.74, 6) is 1.94. The van der Waals surface area contributed by atoms with Crippen molar-refractivity contribution in [3.8, 4) is 0 Å². The summed E-state index contributed by atoms with van der Waals surface area (Å²) in [6.07, 6.45) is 7.33. The van der Waals surface area contributed by atoms with E-state index < -0.39 is 0 Å². The molecule has 2 nitrogen and oxygen atoms in total. The molecule has 2 fully saturated rings. The summed E-state index contributed by atoms with van der Waals surface area (Å²) in [6, 6.07) is 0. The van der Waals surface area contributed by atoms with Crippen LogP contribution in [0.15, 0.2) is 0 Å². The molecule has 2 heteroatoms. The molecule has 0 spiro atoms. The lowest BCUT2D eigenvalue weighted by Gasteiger charge is -2.34. The summed E-state index contributed by atoms with van der Waals surface area (Å²) in [7, 11) is 0. The third-order valence-corrected chi connectivity index (χ3v) is 4.73. The van der Waals surface area contributed by atoms with Crippen molar-refractivity contribution < 1.29 is 9.84 Å². The Morgan fingerprint density at radius 1 is 1.19 bits per heavy atom. The molecular formula is C14H26O2. The van der Waals surface area contributed by atoms with Crippen molar-refractivity contribution in [2.75, 3.05) is 6.61 Å². The normalized spacial score (nSPS) is 42.2. The van der Waals surface area contributed by atoms with Gasteiger partial charge in [0.05, 0.1) is 12.2 Å². The van der Waals surface area contributed by atoms with Gasteiger partial charge in [-0.3, -0.25) is 0 Å². The van der Waals surface area contributed by atoms with Gasteiger partial charge in [0.1, 0.15) is 0 Å². The highest BCUT2D eigenvalue weighted by Crippen LogP contribution is 2.36. The van der Waals surface area contributed by atoms with Crippen LogP contribution in [0.2, 0.25) is 0 Å². The van der Waals surface area contributed by atoms with Crippen LogP contribution in [-0.4, -0.2) is 23.9 Å². The van der Waals surface area contributed by atoms with Crippen LogP contribution in [-0.2, 0) is 4.74 Å². The lowest BCUT2D eigenvalue weighted by atomic mass is 9.76. The highest BCUT2D eigenvalue weighted by atomic mass is 16.5. The van der Waals surface area contributed by atoms with Gasteiger partial charge in [-0.2, -0.15) is 0 Å². The van der Waals surface area contributed by atoms with Crippen molar-refractivity contribution in [1.82, 2.24) is 0 Å². The van der Waals surface area contributed by atoms with E-state index in [-0.39, 0.29) is 12.2 Å². The molecule has 16 heavy (non-hydrogen) atoms. The SMILES string of the molecule is CCC1CCC(C(O)C2OCCC2C)CC1. The average Bonchev–Trinajstić information content (AvgIpc) is 2.75. The van der Waals surface area contributed by atoms with E-state index in [1.54, 1.807) is 0 Å². The first kappa shape index (κ1) is 12.4. The van der Waals surface area contributed by atoms with Crippen LogP contribution in [0.3, 0.4) is 0 Å². The van der Waals surface area contributed by atoms with Crippen molar-refractivity contribution in [3.63, 3.8) is 0 Å². The Morgan fingerprint density at radius 2 is 1.88 bits per heavy atom. The van der Waals surface area contributed by atoms with Gasteiger partial charge >= 0.3 is 0 Å². The second-order valence-corrected chi connectivity index (χ2v) is 5.78. The van der Waals surface area contributed by atoms with E-state index in [9.17, 15) is 5.11 Å². The van der Waals surface area contributed by atoms with Gasteiger partial charge in [0.15, 0.2) is 0 Å². The zero-order valence-corrected chi connectivity index (χ0v) is 10.7. The van der Waals surface area contributed by atoms with E-state index in [4.69, 9.17) is 4.74 Å². The van der Waals surface area contributed by atoms with E-state index in [1.807, 2.05) is 0 Å². The minimum absolute atomic E-state index is 0.114. The summed E-state index contributed by atoms with van der Waals surface area (Å²) < 4.78 is 5.68. The fraction of sp³-hybridized carbons (Fsp3) is 1.00. The molecule has 0 aromatic rings. The van der Waals surface area contributed by atoms with Gasteiger partial charge in [0.2, 0.25) is 0 Å². The van der Waals surface area contributed by atoms with Gasteiger partial charge in [0.25, 0.3) is 0 Å². The Hall–Kier alpha value is -0.0800. The number of hydrogen-bond acceptors (Lipinski definition) is 2. The van der Waals surface area contributed by atoms with Crippen molar-refractivity contribution in [1.29, 1.82) is 0 Å². The molecule has 0 amide bonds. The minimum atomic E-state index is -0.213. The topological polar surface area (TPSA) is 29.5 Å². The fourth-order valence-corrected chi connectivity index (χ4v) is 3.36. The number of ether oxygens (including phenoxy) is 1. The summed E-state index contributed by atoms with van der Waals surface area (Å²) in [5, 5.41) is 10.4. The summed E-state index contributed by atoms with van der Waals surface area (Å²) >= 11 is 0. The molecule has 1 heterocycles. The zero-order chi connectivity index (χ0) is 11.5. The number of aliphatic hydroxyl groups is 1. The molecule has 0 aromatic heterocycles. The monoisotopic (exact) mass is 226 g/mol. The van der Waals surface area contributed by atoms with Gasteiger partial charge < -0.3 is 9.84 Å². The van der Waals surface area contributed by atoms with Crippen LogP contribution in [0.25, 0.3) is 0 Å². The van der Waals surface area contributed by atoms with Crippen LogP contribution < -0.4 is 0 Å². The first-order valence-corrected chi connectivity index (χ1v) is 7.02. The fourth-order valence-electron chi connectivity index (χ4n) is 3.36. The molecule has 3 atom stereocenters. The first-order valence-electron chi connectivity index (χ1n) is 7.02. The van der Waals surface area contributed by atoms with E-state index in [1.165, 1.54) is 32.1 Å². The van der Waals surface area contributed by atoms with Gasteiger partial charge in [-0.05, 0) is 37.0 Å². The largest absolute Gasteiger partial charge is 0.390 e. The molecule has 2 rings (SSSR count). The van der Waals surface area contributed by atoms with Crippen molar-refractivity contribution in [2.45, 2.75) is 64.6 Å². The quantitative estimate of drug-likeness (QED) is 0.801. The molecule has 1 saturated carbocycles.